The summed E-state index contributed by atoms with van der Waals surface area (Å²) in [6, 6.07) is 4.47. The Morgan fingerprint density at radius 3 is 2.55 bits per heavy atom. The van der Waals surface area contributed by atoms with Gasteiger partial charge in [0.2, 0.25) is 5.43 Å². The van der Waals surface area contributed by atoms with Crippen LogP contribution in [0.15, 0.2) is 29.2 Å². The van der Waals surface area contributed by atoms with E-state index in [1.807, 2.05) is 0 Å². The summed E-state index contributed by atoms with van der Waals surface area (Å²) in [6.45, 7) is 6.62. The number of esters is 1. The number of carbonyl (C=O) groups is 2. The Balaban J connectivity index is 2.19. The van der Waals surface area contributed by atoms with Gasteiger partial charge < -0.3 is 30.0 Å². The van der Waals surface area contributed by atoms with Crippen molar-refractivity contribution in [2.24, 2.45) is 0 Å². The Morgan fingerprint density at radius 2 is 1.93 bits per heavy atom. The highest BCUT2D eigenvalue weighted by Gasteiger charge is 2.22. The number of nitrogens with one attached hydrogen (secondary N) is 2. The van der Waals surface area contributed by atoms with E-state index in [9.17, 15) is 24.6 Å². The zero-order valence-corrected chi connectivity index (χ0v) is 16.8. The molecule has 0 aliphatic carbocycles. The molecule has 2 rings (SSSR count). The first-order valence-corrected chi connectivity index (χ1v) is 9.19. The molecule has 2 unspecified atom stereocenters. The van der Waals surface area contributed by atoms with E-state index in [0.717, 1.165) is 0 Å². The van der Waals surface area contributed by atoms with Crippen molar-refractivity contribution in [2.75, 3.05) is 13.2 Å². The van der Waals surface area contributed by atoms with E-state index in [-0.39, 0.29) is 29.7 Å². The predicted octanol–water partition coefficient (Wildman–Crippen LogP) is 1.62. The van der Waals surface area contributed by atoms with Crippen LogP contribution in [0.25, 0.3) is 10.9 Å². The summed E-state index contributed by atoms with van der Waals surface area (Å²) in [5.41, 5.74) is -0.683. The molecule has 0 aliphatic rings. The van der Waals surface area contributed by atoms with Crippen molar-refractivity contribution in [2.45, 2.75) is 45.5 Å². The maximum atomic E-state index is 12.6. The summed E-state index contributed by atoms with van der Waals surface area (Å²) in [6.07, 6.45) is -2.16. The molecule has 1 heterocycles. The molecule has 0 saturated heterocycles. The first kappa shape index (κ1) is 22.4. The molecule has 0 bridgehead atoms. The molecule has 0 aliphatic heterocycles. The van der Waals surface area contributed by atoms with Crippen molar-refractivity contribution in [3.05, 3.63) is 45.7 Å². The predicted molar refractivity (Wildman–Crippen MR) is 106 cm³/mol. The molecule has 0 saturated carbocycles. The minimum Gasteiger partial charge on any atom is -0.462 e. The van der Waals surface area contributed by atoms with E-state index in [2.05, 4.69) is 10.3 Å². The van der Waals surface area contributed by atoms with Gasteiger partial charge in [-0.3, -0.25) is 4.79 Å². The Hall–Kier alpha value is -2.91. The summed E-state index contributed by atoms with van der Waals surface area (Å²) in [5.74, 6) is -0.747. The number of ether oxygens (including phenoxy) is 2. The topological polar surface area (TPSA) is 138 Å². The molecule has 29 heavy (non-hydrogen) atoms. The second kappa shape index (κ2) is 9.06. The summed E-state index contributed by atoms with van der Waals surface area (Å²) in [4.78, 5) is 39.0. The molecule has 1 aromatic heterocycles. The van der Waals surface area contributed by atoms with Crippen molar-refractivity contribution in [1.29, 1.82) is 0 Å². The number of pyridine rings is 1. The highest BCUT2D eigenvalue weighted by Crippen LogP contribution is 2.20. The van der Waals surface area contributed by atoms with E-state index in [1.165, 1.54) is 18.3 Å². The van der Waals surface area contributed by atoms with Crippen LogP contribution < -0.4 is 10.7 Å². The van der Waals surface area contributed by atoms with Gasteiger partial charge in [0.15, 0.2) is 0 Å². The van der Waals surface area contributed by atoms with Crippen LogP contribution in [0.3, 0.4) is 0 Å². The molecule has 1 amide bonds. The molecule has 2 aromatic rings. The maximum absolute atomic E-state index is 12.6. The van der Waals surface area contributed by atoms with Crippen LogP contribution >= 0.6 is 0 Å². The smallest absolute Gasteiger partial charge is 0.407 e. The highest BCUT2D eigenvalue weighted by atomic mass is 16.6. The van der Waals surface area contributed by atoms with Crippen LogP contribution in [0.1, 0.15) is 49.7 Å². The summed E-state index contributed by atoms with van der Waals surface area (Å²) >= 11 is 0. The number of hydrogen-bond donors (Lipinski definition) is 4. The van der Waals surface area contributed by atoms with Crippen LogP contribution in [-0.4, -0.2) is 52.1 Å². The van der Waals surface area contributed by atoms with E-state index in [0.29, 0.717) is 5.52 Å². The molecule has 0 spiro atoms. The first-order chi connectivity index (χ1) is 13.5. The number of amides is 1. The fourth-order valence-electron chi connectivity index (χ4n) is 2.62. The number of rotatable bonds is 6. The Morgan fingerprint density at radius 1 is 1.24 bits per heavy atom. The third kappa shape index (κ3) is 5.78. The number of carbonyl (C=O) groups excluding carboxylic acids is 2. The lowest BCUT2D eigenvalue weighted by molar-refractivity contribution is 0.0130. The van der Waals surface area contributed by atoms with Crippen molar-refractivity contribution in [3.8, 4) is 0 Å². The van der Waals surface area contributed by atoms with Crippen LogP contribution in [-0.2, 0) is 9.47 Å². The summed E-state index contributed by atoms with van der Waals surface area (Å²) in [5, 5.41) is 23.1. The molecule has 0 fully saturated rings. The molecule has 4 N–H and O–H groups in total. The van der Waals surface area contributed by atoms with Crippen LogP contribution in [0.5, 0.6) is 0 Å². The molecule has 0 radical (unpaired) electrons. The highest BCUT2D eigenvalue weighted by molar-refractivity contribution is 5.93. The van der Waals surface area contributed by atoms with E-state index < -0.39 is 35.3 Å². The quantitative estimate of drug-likeness (QED) is 0.535. The Labute approximate surface area is 167 Å². The number of aromatic nitrogens is 1. The van der Waals surface area contributed by atoms with Gasteiger partial charge in [-0.1, -0.05) is 6.07 Å². The number of H-pyrrole nitrogens is 1. The van der Waals surface area contributed by atoms with Crippen molar-refractivity contribution < 1.29 is 29.3 Å². The molecule has 1 aromatic carbocycles. The fraction of sp³-hybridized carbons (Fsp3) is 0.450. The average Bonchev–Trinajstić information content (AvgIpc) is 2.64. The van der Waals surface area contributed by atoms with Gasteiger partial charge in [-0.05, 0) is 45.4 Å². The molecular formula is C20H26N2O7. The lowest BCUT2D eigenvalue weighted by Gasteiger charge is -2.22. The third-order valence-electron chi connectivity index (χ3n) is 3.96. The van der Waals surface area contributed by atoms with Gasteiger partial charge in [0.1, 0.15) is 23.4 Å². The van der Waals surface area contributed by atoms with Gasteiger partial charge in [-0.25, -0.2) is 9.59 Å². The average molecular weight is 406 g/mol. The van der Waals surface area contributed by atoms with Gasteiger partial charge in [0.05, 0.1) is 6.61 Å². The number of alkyl carbamates (subject to hydrolysis) is 1. The number of aliphatic hydroxyl groups excluding tert-OH is 2. The lowest BCUT2D eigenvalue weighted by atomic mass is 10.0. The van der Waals surface area contributed by atoms with Crippen molar-refractivity contribution >= 4 is 23.0 Å². The zero-order valence-electron chi connectivity index (χ0n) is 16.8. The summed E-state index contributed by atoms with van der Waals surface area (Å²) < 4.78 is 9.93. The molecule has 9 heteroatoms. The molecule has 9 nitrogen and oxygen atoms in total. The third-order valence-corrected chi connectivity index (χ3v) is 3.96. The van der Waals surface area contributed by atoms with Crippen LogP contribution in [0.2, 0.25) is 0 Å². The number of benzene rings is 1. The van der Waals surface area contributed by atoms with E-state index >= 15 is 0 Å². The number of aromatic amines is 1. The maximum Gasteiger partial charge on any atom is 0.407 e. The van der Waals surface area contributed by atoms with Crippen LogP contribution in [0, 0.1) is 0 Å². The monoisotopic (exact) mass is 406 g/mol. The van der Waals surface area contributed by atoms with Gasteiger partial charge in [-0.15, -0.1) is 0 Å². The normalized spacial score (nSPS) is 13.6. The van der Waals surface area contributed by atoms with Gasteiger partial charge >= 0.3 is 12.1 Å². The van der Waals surface area contributed by atoms with Gasteiger partial charge in [0, 0.05) is 23.6 Å². The van der Waals surface area contributed by atoms with Crippen LogP contribution in [0.4, 0.5) is 4.79 Å². The largest absolute Gasteiger partial charge is 0.462 e. The minimum atomic E-state index is -1.38. The second-order valence-corrected chi connectivity index (χ2v) is 7.45. The standard InChI is InChI=1S/C20H26N2O7/c1-5-28-18(26)13-9-21-14-7-6-11(8-12(14)17(13)25)16(24)15(23)10-22-19(27)29-20(2,3)4/h6-9,15-16,23-24H,5,10H2,1-4H3,(H,21,25)(H,22,27). The Kier molecular flexibility index (Phi) is 6.99. The van der Waals surface area contributed by atoms with Crippen molar-refractivity contribution in [3.63, 3.8) is 0 Å². The minimum absolute atomic E-state index is 0.131. The number of aliphatic hydroxyl groups is 2. The van der Waals surface area contributed by atoms with Gasteiger partial charge in [-0.2, -0.15) is 0 Å². The molecule has 158 valence electrons. The molecular weight excluding hydrogens is 380 g/mol. The number of hydrogen-bond acceptors (Lipinski definition) is 7. The fourth-order valence-corrected chi connectivity index (χ4v) is 2.62. The second-order valence-electron chi connectivity index (χ2n) is 7.45. The van der Waals surface area contributed by atoms with E-state index in [1.54, 1.807) is 33.8 Å². The van der Waals surface area contributed by atoms with Crippen molar-refractivity contribution in [1.82, 2.24) is 10.3 Å². The number of fused-ring (bicyclic) bond motifs is 1. The van der Waals surface area contributed by atoms with Gasteiger partial charge in [0.25, 0.3) is 0 Å². The summed E-state index contributed by atoms with van der Waals surface area (Å²) in [7, 11) is 0. The lowest BCUT2D eigenvalue weighted by Crippen LogP contribution is -2.38. The Bertz CT molecular complexity index is 946. The SMILES string of the molecule is CCOC(=O)c1c[nH]c2ccc(C(O)C(O)CNC(=O)OC(C)(C)C)cc2c1=O. The first-order valence-electron chi connectivity index (χ1n) is 9.19. The van der Waals surface area contributed by atoms with E-state index in [4.69, 9.17) is 9.47 Å². The molecule has 2 atom stereocenters. The zero-order chi connectivity index (χ0) is 21.8.